The topological polar surface area (TPSA) is 0 Å². The van der Waals surface area contributed by atoms with Crippen molar-refractivity contribution in [3.8, 4) is 0 Å². The van der Waals surface area contributed by atoms with Gasteiger partial charge in [-0.2, -0.15) is 0 Å². The van der Waals surface area contributed by atoms with Gasteiger partial charge in [0.2, 0.25) is 0 Å². The average molecular weight is 297 g/mol. The summed E-state index contributed by atoms with van der Waals surface area (Å²) in [6, 6.07) is 0. The van der Waals surface area contributed by atoms with Crippen molar-refractivity contribution in [2.24, 2.45) is 0 Å². The minimum absolute atomic E-state index is 2.96. The van der Waals surface area contributed by atoms with E-state index >= 15 is 0 Å². The third kappa shape index (κ3) is 2.04. The highest BCUT2D eigenvalue weighted by Crippen LogP contribution is 2.39. The van der Waals surface area contributed by atoms with Crippen molar-refractivity contribution in [2.75, 3.05) is 0 Å². The van der Waals surface area contributed by atoms with Gasteiger partial charge in [0.1, 0.15) is 0 Å². The van der Waals surface area contributed by atoms with Crippen LogP contribution in [0.15, 0.2) is 0 Å². The maximum absolute atomic E-state index is 7.70. The lowest BCUT2D eigenvalue weighted by Gasteiger charge is -2.37. The number of rotatable bonds is 0. The first kappa shape index (κ1) is 5.72. The molecule has 1 saturated carbocycles. The van der Waals surface area contributed by atoms with E-state index in [1.165, 1.54) is 0 Å². The van der Waals surface area contributed by atoms with E-state index in [4.69, 9.17) is 77.8 Å². The van der Waals surface area contributed by atoms with Gasteiger partial charge in [0, 0.05) is 0 Å². The van der Waals surface area contributed by atoms with E-state index in [9.17, 15) is 0 Å². The van der Waals surface area contributed by atoms with Crippen LogP contribution in [0.5, 0.6) is 0 Å². The highest BCUT2D eigenvalue weighted by Gasteiger charge is 2.46. The molecule has 0 aliphatic heterocycles. The molecule has 0 saturated heterocycles. The Kier molecular flexibility index (Phi) is 2.15. The van der Waals surface area contributed by atoms with E-state index in [2.05, 4.69) is 0 Å². The zero-order chi connectivity index (χ0) is 15.0. The summed E-state index contributed by atoms with van der Waals surface area (Å²) >= 11 is 33.8. The third-order valence-electron chi connectivity index (χ3n) is 1.16. The molecule has 1 fully saturated rings. The second-order valence-corrected chi connectivity index (χ2v) is 4.15. The predicted octanol–water partition coefficient (Wildman–Crippen LogP) is 3.64. The number of alkyl halides is 6. The minimum atomic E-state index is -2.96. The second-order valence-electron chi connectivity index (χ2n) is 1.88. The normalized spacial score (nSPS) is 99.5. The predicted molar refractivity (Wildman–Crippen MR) is 57.8 cm³/mol. The lowest BCUT2D eigenvalue weighted by molar-refractivity contribution is 0.544. The fraction of sp³-hybridized carbons (Fsp3) is 1.00. The third-order valence-corrected chi connectivity index (χ3v) is 4.00. The van der Waals surface area contributed by atoms with Crippen LogP contribution in [0.25, 0.3) is 0 Å². The summed E-state index contributed by atoms with van der Waals surface area (Å²) < 4.78 is 46.2. The van der Waals surface area contributed by atoms with Crippen LogP contribution < -0.4 is 0 Å². The molecule has 0 unspecified atom stereocenters. The quantitative estimate of drug-likeness (QED) is 0.599. The molecule has 72 valence electrons. The summed E-state index contributed by atoms with van der Waals surface area (Å²) in [4.78, 5) is 0. The van der Waals surface area contributed by atoms with E-state index in [-0.39, 0.29) is 0 Å². The smallest absolute Gasteiger partial charge is 0.0693 e. The molecule has 0 radical (unpaired) electrons. The summed E-state index contributed by atoms with van der Waals surface area (Å²) in [5.74, 6) is 0. The van der Waals surface area contributed by atoms with Gasteiger partial charge in [-0.1, -0.05) is 0 Å². The molecule has 0 N–H and O–H groups in total. The number of halogens is 6. The van der Waals surface area contributed by atoms with Gasteiger partial charge in [-0.25, -0.2) is 0 Å². The Morgan fingerprint density at radius 1 is 0.500 bits per heavy atom. The molecule has 12 heavy (non-hydrogen) atoms. The molecule has 1 aliphatic rings. The van der Waals surface area contributed by atoms with E-state index < -0.39 is 32.1 Å². The monoisotopic (exact) mass is 294 g/mol. The minimum Gasteiger partial charge on any atom is -0.120 e. The molecule has 0 amide bonds. The van der Waals surface area contributed by atoms with Crippen molar-refractivity contribution >= 4 is 69.6 Å². The maximum Gasteiger partial charge on any atom is 0.0693 e. The lowest BCUT2D eigenvalue weighted by Crippen LogP contribution is -2.52. The van der Waals surface area contributed by atoms with Crippen molar-refractivity contribution in [2.45, 2.75) is 32.1 Å². The molecule has 1 aliphatic carbocycles. The molecular formula is C6H6Cl6. The van der Waals surface area contributed by atoms with Crippen molar-refractivity contribution < 1.29 is 8.22 Å². The standard InChI is InChI=1S/C6H6Cl6/c7-1-2(8)4(10)6(12)5(11)3(1)9/h1-6H/i1D,2D,3D,4D,5D,6D. The summed E-state index contributed by atoms with van der Waals surface area (Å²) in [6.45, 7) is 0. The SMILES string of the molecule is [2H]C1(Cl)C([2H])(Cl)C([2H])(Cl)C([2H])(Cl)C([2H])(Cl)C1([2H])Cl. The number of hydrogen-bond donors (Lipinski definition) is 0. The Bertz CT molecular complexity index is 260. The molecule has 0 spiro atoms. The highest BCUT2D eigenvalue weighted by molar-refractivity contribution is 6.45. The van der Waals surface area contributed by atoms with Crippen molar-refractivity contribution in [3.63, 3.8) is 0 Å². The Hall–Kier alpha value is 1.74. The van der Waals surface area contributed by atoms with Crippen molar-refractivity contribution in [3.05, 3.63) is 0 Å². The molecule has 0 atom stereocenters. The Balaban J connectivity index is 3.72. The molecule has 0 aromatic rings. The summed E-state index contributed by atoms with van der Waals surface area (Å²) in [7, 11) is 0. The Morgan fingerprint density at radius 2 is 0.583 bits per heavy atom. The van der Waals surface area contributed by atoms with Crippen LogP contribution in [0.3, 0.4) is 0 Å². The van der Waals surface area contributed by atoms with Crippen LogP contribution in [0.4, 0.5) is 0 Å². The van der Waals surface area contributed by atoms with E-state index in [0.29, 0.717) is 0 Å². The molecule has 0 bridgehead atoms. The molecular weight excluding hydrogens is 285 g/mol. The fourth-order valence-corrected chi connectivity index (χ4v) is 2.00. The van der Waals surface area contributed by atoms with E-state index in [0.717, 1.165) is 0 Å². The van der Waals surface area contributed by atoms with Crippen LogP contribution >= 0.6 is 69.6 Å². The van der Waals surface area contributed by atoms with Crippen LogP contribution in [0, 0.1) is 0 Å². The van der Waals surface area contributed by atoms with Gasteiger partial charge in [0.05, 0.1) is 40.3 Å². The first-order valence-electron chi connectivity index (χ1n) is 5.63. The van der Waals surface area contributed by atoms with Crippen molar-refractivity contribution in [1.29, 1.82) is 0 Å². The van der Waals surface area contributed by atoms with E-state index in [1.54, 1.807) is 0 Å². The zero-order valence-electron chi connectivity index (χ0n) is 11.3. The van der Waals surface area contributed by atoms with E-state index in [1.807, 2.05) is 0 Å². The Morgan fingerprint density at radius 3 is 0.667 bits per heavy atom. The molecule has 0 aromatic carbocycles. The van der Waals surface area contributed by atoms with Gasteiger partial charge in [-0.15, -0.1) is 69.6 Å². The molecule has 0 aromatic heterocycles. The maximum atomic E-state index is 7.70. The van der Waals surface area contributed by atoms with Crippen LogP contribution in [-0.2, 0) is 0 Å². The Labute approximate surface area is 110 Å². The van der Waals surface area contributed by atoms with Crippen molar-refractivity contribution in [1.82, 2.24) is 0 Å². The molecule has 6 heteroatoms. The van der Waals surface area contributed by atoms with Crippen LogP contribution in [0.1, 0.15) is 8.22 Å². The van der Waals surface area contributed by atoms with Gasteiger partial charge in [-0.05, 0) is 0 Å². The first-order chi connectivity index (χ1) is 7.50. The summed E-state index contributed by atoms with van der Waals surface area (Å²) in [6.07, 6.45) is 0. The second kappa shape index (κ2) is 4.51. The summed E-state index contributed by atoms with van der Waals surface area (Å²) in [5.41, 5.74) is 0. The average Bonchev–Trinajstić information content (AvgIpc) is 2.14. The molecule has 0 heterocycles. The highest BCUT2D eigenvalue weighted by atomic mass is 35.5. The van der Waals surface area contributed by atoms with Crippen LogP contribution in [-0.4, -0.2) is 32.1 Å². The van der Waals surface area contributed by atoms with Gasteiger partial charge in [0.25, 0.3) is 0 Å². The van der Waals surface area contributed by atoms with Gasteiger partial charge >= 0.3 is 0 Å². The van der Waals surface area contributed by atoms with Gasteiger partial charge in [0.15, 0.2) is 0 Å². The first-order valence-corrected chi connectivity index (χ1v) is 4.90. The fourth-order valence-electron chi connectivity index (χ4n) is 0.578. The van der Waals surface area contributed by atoms with Gasteiger partial charge in [-0.3, -0.25) is 0 Å². The molecule has 0 nitrogen and oxygen atoms in total. The molecule has 1 rings (SSSR count). The number of hydrogen-bond acceptors (Lipinski definition) is 0. The zero-order valence-corrected chi connectivity index (χ0v) is 9.80. The van der Waals surface area contributed by atoms with Gasteiger partial charge < -0.3 is 0 Å². The lowest BCUT2D eigenvalue weighted by atomic mass is 9.97. The largest absolute Gasteiger partial charge is 0.120 e. The summed E-state index contributed by atoms with van der Waals surface area (Å²) in [5, 5.41) is -17.8. The van der Waals surface area contributed by atoms with Crippen LogP contribution in [0.2, 0.25) is 0 Å².